The largest absolute Gasteiger partial charge is 0.310 e. The average Bonchev–Trinajstić information content (AvgIpc) is 2.98. The second kappa shape index (κ2) is 5.63. The van der Waals surface area contributed by atoms with Gasteiger partial charge < -0.3 is 10.2 Å². The molecule has 1 aliphatic heterocycles. The maximum Gasteiger partial charge on any atom is 0.231 e. The number of hydrogen-bond acceptors (Lipinski definition) is 5. The maximum absolute atomic E-state index is 12.1. The van der Waals surface area contributed by atoms with Crippen molar-refractivity contribution in [3.05, 3.63) is 17.2 Å². The minimum absolute atomic E-state index is 0.0326. The summed E-state index contributed by atoms with van der Waals surface area (Å²) in [7, 11) is 0. The van der Waals surface area contributed by atoms with Gasteiger partial charge in [0.2, 0.25) is 5.91 Å². The van der Waals surface area contributed by atoms with Gasteiger partial charge in [-0.3, -0.25) is 4.79 Å². The summed E-state index contributed by atoms with van der Waals surface area (Å²) in [4.78, 5) is 19.0. The fourth-order valence-electron chi connectivity index (χ4n) is 2.21. The number of allylic oxidation sites excluding steroid dienone is 1. The molecule has 0 bridgehead atoms. The van der Waals surface area contributed by atoms with E-state index in [1.807, 2.05) is 0 Å². The van der Waals surface area contributed by atoms with E-state index >= 15 is 0 Å². The Bertz CT molecular complexity index is 570. The van der Waals surface area contributed by atoms with Crippen LogP contribution in [0.3, 0.4) is 0 Å². The van der Waals surface area contributed by atoms with Gasteiger partial charge in [0.1, 0.15) is 0 Å². The predicted molar refractivity (Wildman–Crippen MR) is 77.8 cm³/mol. The fourth-order valence-corrected chi connectivity index (χ4v) is 2.95. The Morgan fingerprint density at radius 2 is 2.40 bits per heavy atom. The van der Waals surface area contributed by atoms with Gasteiger partial charge >= 0.3 is 0 Å². The molecule has 2 aliphatic rings. The number of amides is 1. The zero-order chi connectivity index (χ0) is 13.9. The summed E-state index contributed by atoms with van der Waals surface area (Å²) in [6, 6.07) is 0. The van der Waals surface area contributed by atoms with E-state index in [1.165, 1.54) is 24.2 Å². The van der Waals surface area contributed by atoms with E-state index in [1.54, 1.807) is 11.1 Å². The van der Waals surface area contributed by atoms with Gasteiger partial charge in [-0.05, 0) is 31.3 Å². The van der Waals surface area contributed by atoms with Crippen molar-refractivity contribution in [3.8, 4) is 6.19 Å². The minimum atomic E-state index is -0.107. The molecule has 0 spiro atoms. The highest BCUT2D eigenvalue weighted by molar-refractivity contribution is 7.16. The Labute approximate surface area is 121 Å². The summed E-state index contributed by atoms with van der Waals surface area (Å²) in [6.45, 7) is 1.18. The van der Waals surface area contributed by atoms with E-state index in [0.29, 0.717) is 18.2 Å². The molecule has 20 heavy (non-hydrogen) atoms. The lowest BCUT2D eigenvalue weighted by Gasteiger charge is -2.08. The predicted octanol–water partition coefficient (Wildman–Crippen LogP) is 2.31. The van der Waals surface area contributed by atoms with Crippen molar-refractivity contribution in [2.75, 3.05) is 18.4 Å². The lowest BCUT2D eigenvalue weighted by Crippen LogP contribution is -2.25. The van der Waals surface area contributed by atoms with Crippen LogP contribution >= 0.6 is 11.3 Å². The Balaban J connectivity index is 1.55. The van der Waals surface area contributed by atoms with Crippen LogP contribution in [-0.4, -0.2) is 28.9 Å². The minimum Gasteiger partial charge on any atom is -0.310 e. The molecule has 104 valence electrons. The lowest BCUT2D eigenvalue weighted by molar-refractivity contribution is -0.119. The van der Waals surface area contributed by atoms with Crippen molar-refractivity contribution in [2.24, 2.45) is 11.8 Å². The lowest BCUT2D eigenvalue weighted by atomic mass is 10.1. The summed E-state index contributed by atoms with van der Waals surface area (Å²) in [5.41, 5.74) is 0. The van der Waals surface area contributed by atoms with Crippen LogP contribution in [-0.2, 0) is 4.79 Å². The number of aromatic nitrogens is 1. The van der Waals surface area contributed by atoms with Crippen LogP contribution in [0.25, 0.3) is 6.08 Å². The number of likely N-dealkylation sites (tertiary alicyclic amines) is 1. The first-order valence-electron chi connectivity index (χ1n) is 6.84. The molecule has 1 aromatic heterocycles. The average molecular weight is 288 g/mol. The van der Waals surface area contributed by atoms with Gasteiger partial charge in [-0.1, -0.05) is 17.4 Å². The highest BCUT2D eigenvalue weighted by atomic mass is 32.1. The molecule has 5 nitrogen and oxygen atoms in total. The topological polar surface area (TPSA) is 69.0 Å². The molecular formula is C14H16N4OS. The molecular weight excluding hydrogens is 272 g/mol. The molecule has 1 atom stereocenters. The van der Waals surface area contributed by atoms with E-state index in [-0.39, 0.29) is 11.8 Å². The number of anilines is 1. The van der Waals surface area contributed by atoms with E-state index in [2.05, 4.69) is 28.6 Å². The van der Waals surface area contributed by atoms with Gasteiger partial charge in [-0.25, -0.2) is 4.98 Å². The number of thiazole rings is 1. The first-order valence-corrected chi connectivity index (χ1v) is 7.66. The van der Waals surface area contributed by atoms with Crippen molar-refractivity contribution in [1.82, 2.24) is 9.88 Å². The van der Waals surface area contributed by atoms with Crippen LogP contribution in [0.4, 0.5) is 5.13 Å². The summed E-state index contributed by atoms with van der Waals surface area (Å²) >= 11 is 1.49. The van der Waals surface area contributed by atoms with Gasteiger partial charge in [-0.2, -0.15) is 5.26 Å². The van der Waals surface area contributed by atoms with Crippen molar-refractivity contribution in [1.29, 1.82) is 5.26 Å². The van der Waals surface area contributed by atoms with Crippen molar-refractivity contribution in [3.63, 3.8) is 0 Å². The zero-order valence-electron chi connectivity index (χ0n) is 11.1. The summed E-state index contributed by atoms with van der Waals surface area (Å²) < 4.78 is 0. The van der Waals surface area contributed by atoms with Crippen molar-refractivity contribution >= 4 is 28.5 Å². The van der Waals surface area contributed by atoms with Crippen LogP contribution in [0.5, 0.6) is 0 Å². The summed E-state index contributed by atoms with van der Waals surface area (Å²) in [5, 5.41) is 12.3. The molecule has 1 amide bonds. The molecule has 2 fully saturated rings. The number of carbonyl (C=O) groups is 1. The number of nitrogens with zero attached hydrogens (tertiary/aromatic N) is 3. The van der Waals surface area contributed by atoms with Crippen LogP contribution in [0.1, 0.15) is 24.1 Å². The Morgan fingerprint density at radius 3 is 3.10 bits per heavy atom. The van der Waals surface area contributed by atoms with Gasteiger partial charge in [-0.15, -0.1) is 0 Å². The van der Waals surface area contributed by atoms with Crippen LogP contribution in [0.2, 0.25) is 0 Å². The van der Waals surface area contributed by atoms with Crippen molar-refractivity contribution in [2.45, 2.75) is 19.3 Å². The SMILES string of the molecule is N#CN1CCC(C(=O)Nc2ncc(C=CC3CC3)s2)C1. The molecule has 1 saturated carbocycles. The molecule has 1 saturated heterocycles. The monoisotopic (exact) mass is 288 g/mol. The van der Waals surface area contributed by atoms with E-state index < -0.39 is 0 Å². The first kappa shape index (κ1) is 13.1. The van der Waals surface area contributed by atoms with E-state index in [4.69, 9.17) is 5.26 Å². The van der Waals surface area contributed by atoms with Crippen LogP contribution in [0, 0.1) is 23.3 Å². The first-order chi connectivity index (χ1) is 9.74. The highest BCUT2D eigenvalue weighted by Gasteiger charge is 2.28. The second-order valence-electron chi connectivity index (χ2n) is 5.29. The molecule has 2 heterocycles. The molecule has 0 radical (unpaired) electrons. The quantitative estimate of drug-likeness (QED) is 0.863. The highest BCUT2D eigenvalue weighted by Crippen LogP contribution is 2.31. The molecule has 0 aromatic carbocycles. The molecule has 1 unspecified atom stereocenters. The molecule has 3 rings (SSSR count). The maximum atomic E-state index is 12.1. The van der Waals surface area contributed by atoms with Gasteiger partial charge in [0, 0.05) is 24.2 Å². The van der Waals surface area contributed by atoms with Crippen LogP contribution in [0.15, 0.2) is 12.3 Å². The second-order valence-corrected chi connectivity index (χ2v) is 6.35. The van der Waals surface area contributed by atoms with Gasteiger partial charge in [0.25, 0.3) is 0 Å². The third-order valence-electron chi connectivity index (χ3n) is 3.61. The third-order valence-corrected chi connectivity index (χ3v) is 4.49. The summed E-state index contributed by atoms with van der Waals surface area (Å²) in [5.74, 6) is 0.601. The fraction of sp³-hybridized carbons (Fsp3) is 0.500. The number of carbonyl (C=O) groups excluding carboxylic acids is 1. The molecule has 6 heteroatoms. The van der Waals surface area contributed by atoms with Crippen LogP contribution < -0.4 is 5.32 Å². The van der Waals surface area contributed by atoms with Gasteiger partial charge in [0.15, 0.2) is 11.3 Å². The third kappa shape index (κ3) is 3.17. The zero-order valence-corrected chi connectivity index (χ0v) is 11.9. The number of hydrogen-bond donors (Lipinski definition) is 1. The number of rotatable bonds is 4. The van der Waals surface area contributed by atoms with E-state index in [9.17, 15) is 4.79 Å². The smallest absolute Gasteiger partial charge is 0.231 e. The standard InChI is InChI=1S/C14H16N4OS/c15-9-18-6-5-11(8-18)13(19)17-14-16-7-12(20-14)4-3-10-1-2-10/h3-4,7,10-11H,1-2,5-6,8H2,(H,16,17,19). The Kier molecular flexibility index (Phi) is 3.70. The van der Waals surface area contributed by atoms with Gasteiger partial charge in [0.05, 0.1) is 5.92 Å². The van der Waals surface area contributed by atoms with Crippen molar-refractivity contribution < 1.29 is 4.79 Å². The molecule has 1 aromatic rings. The Hall–Kier alpha value is -1.87. The Morgan fingerprint density at radius 1 is 1.55 bits per heavy atom. The molecule has 1 N–H and O–H groups in total. The summed E-state index contributed by atoms with van der Waals surface area (Å²) in [6.07, 6.45) is 11.5. The number of nitrogens with one attached hydrogen (secondary N) is 1. The normalized spacial score (nSPS) is 22.1. The molecule has 1 aliphatic carbocycles. The number of nitriles is 1. The van der Waals surface area contributed by atoms with E-state index in [0.717, 1.165) is 17.2 Å².